The lowest BCUT2D eigenvalue weighted by Gasteiger charge is -2.21. The molecule has 1 unspecified atom stereocenters. The zero-order chi connectivity index (χ0) is 34.4. The molecule has 8 nitrogen and oxygen atoms in total. The lowest BCUT2D eigenvalue weighted by atomic mass is 10.1. The average Bonchev–Trinajstić information content (AvgIpc) is 3.47. The van der Waals surface area contributed by atoms with Gasteiger partial charge in [0.1, 0.15) is 18.4 Å². The molecule has 0 bridgehead atoms. The number of esters is 1. The van der Waals surface area contributed by atoms with Crippen LogP contribution in [0.2, 0.25) is 0 Å². The molecule has 0 saturated heterocycles. The van der Waals surface area contributed by atoms with Crippen molar-refractivity contribution in [3.63, 3.8) is 0 Å². The fraction of sp³-hybridized carbons (Fsp3) is 0.846. The summed E-state index contributed by atoms with van der Waals surface area (Å²) in [6, 6.07) is -0.627. The van der Waals surface area contributed by atoms with Crippen molar-refractivity contribution in [3.8, 4) is 0 Å². The van der Waals surface area contributed by atoms with Crippen LogP contribution in [0.5, 0.6) is 0 Å². The lowest BCUT2D eigenvalue weighted by molar-refractivity contribution is -0.671. The van der Waals surface area contributed by atoms with E-state index >= 15 is 0 Å². The molecule has 0 aliphatic carbocycles. The molecule has 0 aliphatic heterocycles. The number of nitrogens with one attached hydrogen (secondary N) is 2. The van der Waals surface area contributed by atoms with E-state index in [1.54, 1.807) is 0 Å². The number of carbonyl (C=O) groups is 3. The Hall–Kier alpha value is -2.38. The summed E-state index contributed by atoms with van der Waals surface area (Å²) in [7, 11) is 2.05. The fourth-order valence-corrected chi connectivity index (χ4v) is 6.02. The fourth-order valence-electron chi connectivity index (χ4n) is 6.02. The molecule has 0 aliphatic rings. The lowest BCUT2D eigenvalue weighted by Crippen LogP contribution is -2.42. The van der Waals surface area contributed by atoms with Gasteiger partial charge in [0.15, 0.2) is 0 Å². The number of amides is 2. The number of carbonyl (C=O) groups excluding carboxylic acids is 3. The Bertz CT molecular complexity index is 919. The molecule has 0 radical (unpaired) electrons. The summed E-state index contributed by atoms with van der Waals surface area (Å²) in [4.78, 5) is 37.9. The Balaban J connectivity index is 2.23. The van der Waals surface area contributed by atoms with Crippen molar-refractivity contribution in [1.82, 2.24) is 15.2 Å². The van der Waals surface area contributed by atoms with Gasteiger partial charge in [0.25, 0.3) is 0 Å². The first-order valence-corrected chi connectivity index (χ1v) is 19.6. The van der Waals surface area contributed by atoms with Crippen LogP contribution in [0.3, 0.4) is 0 Å². The van der Waals surface area contributed by atoms with Crippen molar-refractivity contribution in [2.75, 3.05) is 6.54 Å². The number of unbranched alkanes of at least 4 members (excludes halogenated alkanes) is 17. The number of nitrogens with zero attached hydrogens (tertiary/aromatic N) is 2. The van der Waals surface area contributed by atoms with E-state index in [-0.39, 0.29) is 23.9 Å². The van der Waals surface area contributed by atoms with Crippen LogP contribution >= 0.6 is 0 Å². The van der Waals surface area contributed by atoms with E-state index in [9.17, 15) is 14.4 Å². The maximum absolute atomic E-state index is 13.1. The predicted molar refractivity (Wildman–Crippen MR) is 193 cm³/mol. The van der Waals surface area contributed by atoms with Crippen LogP contribution in [-0.2, 0) is 32.7 Å². The second kappa shape index (κ2) is 29.7. The van der Waals surface area contributed by atoms with Gasteiger partial charge in [0.05, 0.1) is 19.7 Å². The van der Waals surface area contributed by atoms with Crippen LogP contribution in [0.15, 0.2) is 18.7 Å². The highest BCUT2D eigenvalue weighted by atomic mass is 16.5. The molecule has 0 saturated carbocycles. The largest absolute Gasteiger partial charge is 0.461 e. The molecule has 1 rings (SSSR count). The van der Waals surface area contributed by atoms with E-state index in [1.807, 2.05) is 6.92 Å². The predicted octanol–water partition coefficient (Wildman–Crippen LogP) is 8.64. The van der Waals surface area contributed by atoms with Crippen LogP contribution in [0.1, 0.15) is 181 Å². The summed E-state index contributed by atoms with van der Waals surface area (Å²) in [5, 5.41) is 5.98. The van der Waals surface area contributed by atoms with Crippen molar-refractivity contribution in [3.05, 3.63) is 18.7 Å². The van der Waals surface area contributed by atoms with Gasteiger partial charge in [0.2, 0.25) is 18.1 Å². The maximum atomic E-state index is 13.1. The van der Waals surface area contributed by atoms with Crippen LogP contribution in [0, 0.1) is 0 Å². The quantitative estimate of drug-likeness (QED) is 0.0459. The van der Waals surface area contributed by atoms with E-state index in [2.05, 4.69) is 59.4 Å². The van der Waals surface area contributed by atoms with E-state index in [0.717, 1.165) is 70.8 Å². The second-order valence-corrected chi connectivity index (χ2v) is 13.8. The van der Waals surface area contributed by atoms with Gasteiger partial charge < -0.3 is 15.4 Å². The molecule has 272 valence electrons. The SMILES string of the molecule is CCCCCCCCCCCC(=O)NCCCC[C@H](NC(=O)CCCCC)C(=O)OC(C)CCCCCCCCCn1cc[n+](C)c1. The normalized spacial score (nSPS) is 12.5. The van der Waals surface area contributed by atoms with E-state index in [1.165, 1.54) is 77.0 Å². The van der Waals surface area contributed by atoms with Gasteiger partial charge in [0, 0.05) is 19.4 Å². The molecule has 2 amide bonds. The molecule has 0 spiro atoms. The van der Waals surface area contributed by atoms with Crippen molar-refractivity contribution in [2.45, 2.75) is 200 Å². The highest BCUT2D eigenvalue weighted by molar-refractivity contribution is 5.84. The standard InChI is InChI=1S/C39H72N4O4/c1-5-7-9-10-11-12-15-18-22-28-37(44)40-30-24-23-27-36(41-38(45)29-20-8-6-2)39(46)47-35(3)26-21-17-14-13-16-19-25-31-43-33-32-42(4)34-43/h32-36H,5-31H2,1-4H3,(H-,40,41,44,45)/p+1/t35?,36-/m0/s1. The summed E-state index contributed by atoms with van der Waals surface area (Å²) < 4.78 is 10.1. The van der Waals surface area contributed by atoms with Crippen LogP contribution < -0.4 is 15.2 Å². The molecule has 8 heteroatoms. The van der Waals surface area contributed by atoms with Crippen LogP contribution in [-0.4, -0.2) is 41.0 Å². The molecule has 0 aromatic carbocycles. The minimum atomic E-state index is -0.627. The van der Waals surface area contributed by atoms with Gasteiger partial charge in [-0.3, -0.25) is 9.59 Å². The number of aryl methyl sites for hydroxylation is 2. The summed E-state index contributed by atoms with van der Waals surface area (Å²) >= 11 is 0. The Morgan fingerprint density at radius 1 is 0.681 bits per heavy atom. The van der Waals surface area contributed by atoms with Crippen molar-refractivity contribution < 1.29 is 23.7 Å². The van der Waals surface area contributed by atoms with Crippen molar-refractivity contribution >= 4 is 17.8 Å². The zero-order valence-electron chi connectivity index (χ0n) is 31.0. The Kier molecular flexibility index (Phi) is 27.0. The number of aromatic nitrogens is 2. The first-order chi connectivity index (χ1) is 22.8. The van der Waals surface area contributed by atoms with Crippen molar-refractivity contribution in [2.24, 2.45) is 7.05 Å². The van der Waals surface area contributed by atoms with Gasteiger partial charge >= 0.3 is 5.97 Å². The second-order valence-electron chi connectivity index (χ2n) is 13.8. The van der Waals surface area contributed by atoms with Gasteiger partial charge in [-0.25, -0.2) is 13.9 Å². The van der Waals surface area contributed by atoms with Crippen molar-refractivity contribution in [1.29, 1.82) is 0 Å². The highest BCUT2D eigenvalue weighted by Gasteiger charge is 2.23. The van der Waals surface area contributed by atoms with E-state index in [0.29, 0.717) is 25.8 Å². The summed E-state index contributed by atoms with van der Waals surface area (Å²) in [5.41, 5.74) is 0. The van der Waals surface area contributed by atoms with Gasteiger partial charge in [-0.2, -0.15) is 0 Å². The topological polar surface area (TPSA) is 93.3 Å². The molecule has 47 heavy (non-hydrogen) atoms. The van der Waals surface area contributed by atoms with Crippen LogP contribution in [0.4, 0.5) is 0 Å². The van der Waals surface area contributed by atoms with Crippen LogP contribution in [0.25, 0.3) is 0 Å². The van der Waals surface area contributed by atoms with Gasteiger partial charge in [-0.15, -0.1) is 0 Å². The van der Waals surface area contributed by atoms with E-state index < -0.39 is 6.04 Å². The third kappa shape index (κ3) is 25.3. The molecule has 1 aromatic rings. The first kappa shape index (κ1) is 42.6. The third-order valence-electron chi connectivity index (χ3n) is 9.04. The number of ether oxygens (including phenoxy) is 1. The summed E-state index contributed by atoms with van der Waals surface area (Å²) in [5.74, 6) is -0.291. The molecule has 1 aromatic heterocycles. The highest BCUT2D eigenvalue weighted by Crippen LogP contribution is 2.14. The molecule has 2 N–H and O–H groups in total. The van der Waals surface area contributed by atoms with E-state index in [4.69, 9.17) is 4.74 Å². The maximum Gasteiger partial charge on any atom is 0.328 e. The smallest absolute Gasteiger partial charge is 0.328 e. The molecular formula is C39H73N4O4+. The Morgan fingerprint density at radius 2 is 1.21 bits per heavy atom. The van der Waals surface area contributed by atoms with Gasteiger partial charge in [-0.1, -0.05) is 104 Å². The molecular weight excluding hydrogens is 588 g/mol. The number of hydrogen-bond donors (Lipinski definition) is 2. The molecule has 1 heterocycles. The molecule has 2 atom stereocenters. The summed E-state index contributed by atoms with van der Waals surface area (Å²) in [6.45, 7) is 8.00. The minimum absolute atomic E-state index is 0.0790. The zero-order valence-corrected chi connectivity index (χ0v) is 31.0. The monoisotopic (exact) mass is 662 g/mol. The number of imidazole rings is 1. The Morgan fingerprint density at radius 3 is 1.85 bits per heavy atom. The average molecular weight is 662 g/mol. The number of hydrogen-bond acceptors (Lipinski definition) is 4. The number of rotatable bonds is 32. The Labute approximate surface area is 288 Å². The third-order valence-corrected chi connectivity index (χ3v) is 9.04. The summed E-state index contributed by atoms with van der Waals surface area (Å²) in [6.07, 6.45) is 32.6. The van der Waals surface area contributed by atoms with Gasteiger partial charge in [-0.05, 0) is 64.7 Å². The minimum Gasteiger partial charge on any atom is -0.461 e. The molecule has 0 fully saturated rings. The first-order valence-electron chi connectivity index (χ1n) is 19.6.